The van der Waals surface area contributed by atoms with E-state index < -0.39 is 10.0 Å². The Kier molecular flexibility index (Phi) is 4.20. The van der Waals surface area contributed by atoms with Crippen LogP contribution >= 0.6 is 0 Å². The average molecular weight is 334 g/mol. The molecule has 0 atom stereocenters. The van der Waals surface area contributed by atoms with Crippen LogP contribution in [0, 0.1) is 0 Å². The third-order valence-electron chi connectivity index (χ3n) is 5.79. The fraction of sp³-hybridized carbons (Fsp3) is 0.667. The van der Waals surface area contributed by atoms with Crippen molar-refractivity contribution in [2.45, 2.75) is 55.9 Å². The minimum Gasteiger partial charge on any atom is -0.300 e. The smallest absolute Gasteiger partial charge is 0.243 e. The molecule has 0 bridgehead atoms. The summed E-state index contributed by atoms with van der Waals surface area (Å²) in [5.41, 5.74) is 2.56. The summed E-state index contributed by atoms with van der Waals surface area (Å²) in [5.74, 6) is 0. The van der Waals surface area contributed by atoms with Crippen LogP contribution in [0.1, 0.15) is 43.2 Å². The minimum atomic E-state index is -3.32. The van der Waals surface area contributed by atoms with Crippen LogP contribution in [0.2, 0.25) is 0 Å². The summed E-state index contributed by atoms with van der Waals surface area (Å²) in [5, 5.41) is 0. The van der Waals surface area contributed by atoms with E-state index >= 15 is 0 Å². The van der Waals surface area contributed by atoms with E-state index in [4.69, 9.17) is 0 Å². The lowest BCUT2D eigenvalue weighted by molar-refractivity contribution is 0.168. The van der Waals surface area contributed by atoms with Gasteiger partial charge in [-0.2, -0.15) is 4.31 Å². The number of sulfonamides is 1. The van der Waals surface area contributed by atoms with Crippen molar-refractivity contribution in [2.24, 2.45) is 0 Å². The van der Waals surface area contributed by atoms with Gasteiger partial charge in [0.15, 0.2) is 0 Å². The van der Waals surface area contributed by atoms with Gasteiger partial charge < -0.3 is 4.90 Å². The lowest BCUT2D eigenvalue weighted by Gasteiger charge is -2.36. The quantitative estimate of drug-likeness (QED) is 0.852. The number of piperidine rings is 1. The van der Waals surface area contributed by atoms with Crippen molar-refractivity contribution in [1.29, 1.82) is 0 Å². The van der Waals surface area contributed by atoms with Gasteiger partial charge in [-0.1, -0.05) is 6.07 Å². The van der Waals surface area contributed by atoms with Crippen molar-refractivity contribution < 1.29 is 8.42 Å². The predicted octanol–water partition coefficient (Wildman–Crippen LogP) is 2.42. The van der Waals surface area contributed by atoms with Gasteiger partial charge in [-0.3, -0.25) is 0 Å². The Hall–Kier alpha value is -0.910. The van der Waals surface area contributed by atoms with E-state index in [-0.39, 0.29) is 0 Å². The SMILES string of the molecule is O=S(=O)(c1ccc2c(c1)CCC2)N1CCC(N2CCCC2)CC1. The Morgan fingerprint density at radius 3 is 2.30 bits per heavy atom. The number of rotatable bonds is 3. The summed E-state index contributed by atoms with van der Waals surface area (Å²) in [6.45, 7) is 3.73. The molecule has 5 heteroatoms. The fourth-order valence-electron chi connectivity index (χ4n) is 4.41. The van der Waals surface area contributed by atoms with Crippen LogP contribution in [0.15, 0.2) is 23.1 Å². The lowest BCUT2D eigenvalue weighted by Crippen LogP contribution is -2.45. The highest BCUT2D eigenvalue weighted by atomic mass is 32.2. The first kappa shape index (κ1) is 15.6. The van der Waals surface area contributed by atoms with E-state index in [0.29, 0.717) is 24.0 Å². The highest BCUT2D eigenvalue weighted by Gasteiger charge is 2.32. The van der Waals surface area contributed by atoms with Crippen LogP contribution < -0.4 is 0 Å². The molecule has 2 saturated heterocycles. The van der Waals surface area contributed by atoms with Crippen molar-refractivity contribution in [3.05, 3.63) is 29.3 Å². The molecule has 1 aromatic rings. The van der Waals surface area contributed by atoms with Crippen LogP contribution in [0.4, 0.5) is 0 Å². The molecular formula is C18H26N2O2S. The zero-order chi connectivity index (χ0) is 15.9. The van der Waals surface area contributed by atoms with E-state index in [9.17, 15) is 8.42 Å². The summed E-state index contributed by atoms with van der Waals surface area (Å²) in [6, 6.07) is 6.34. The molecule has 2 aliphatic heterocycles. The van der Waals surface area contributed by atoms with Gasteiger partial charge in [0.1, 0.15) is 0 Å². The van der Waals surface area contributed by atoms with E-state index in [1.54, 1.807) is 4.31 Å². The highest BCUT2D eigenvalue weighted by Crippen LogP contribution is 2.28. The number of aryl methyl sites for hydroxylation is 2. The molecule has 0 radical (unpaired) electrons. The monoisotopic (exact) mass is 334 g/mol. The van der Waals surface area contributed by atoms with Gasteiger partial charge in [0.05, 0.1) is 4.90 Å². The number of hydrogen-bond acceptors (Lipinski definition) is 3. The largest absolute Gasteiger partial charge is 0.300 e. The van der Waals surface area contributed by atoms with E-state index in [0.717, 1.165) is 32.1 Å². The molecule has 1 aromatic carbocycles. The summed E-state index contributed by atoms with van der Waals surface area (Å²) in [6.07, 6.45) is 7.82. The second-order valence-electron chi connectivity index (χ2n) is 7.16. The van der Waals surface area contributed by atoms with Crippen molar-refractivity contribution in [1.82, 2.24) is 9.21 Å². The first-order valence-corrected chi connectivity index (χ1v) is 10.4. The molecule has 0 spiro atoms. The summed E-state index contributed by atoms with van der Waals surface area (Å²) in [7, 11) is -3.32. The van der Waals surface area contributed by atoms with Crippen molar-refractivity contribution >= 4 is 10.0 Å². The zero-order valence-corrected chi connectivity index (χ0v) is 14.5. The van der Waals surface area contributed by atoms with Crippen LogP contribution in [0.5, 0.6) is 0 Å². The van der Waals surface area contributed by atoms with Crippen molar-refractivity contribution in [3.8, 4) is 0 Å². The van der Waals surface area contributed by atoms with Gasteiger partial charge in [0.2, 0.25) is 10.0 Å². The number of benzene rings is 1. The molecule has 2 fully saturated rings. The Bertz CT molecular complexity index is 672. The standard InChI is InChI=1S/C18H26N2O2S/c21-23(22,18-7-6-15-4-3-5-16(15)14-18)20-12-8-17(9-13-20)19-10-1-2-11-19/h6-7,14,17H,1-5,8-13H2. The van der Waals surface area contributed by atoms with Crippen molar-refractivity contribution in [3.63, 3.8) is 0 Å². The fourth-order valence-corrected chi connectivity index (χ4v) is 5.93. The molecule has 4 nitrogen and oxygen atoms in total. The predicted molar refractivity (Wildman–Crippen MR) is 91.1 cm³/mol. The number of hydrogen-bond donors (Lipinski definition) is 0. The first-order chi connectivity index (χ1) is 11.1. The van der Waals surface area contributed by atoms with Gasteiger partial charge in [-0.15, -0.1) is 0 Å². The third-order valence-corrected chi connectivity index (χ3v) is 7.68. The van der Waals surface area contributed by atoms with Crippen LogP contribution in [-0.2, 0) is 22.9 Å². The Labute approximate surface area is 139 Å². The zero-order valence-electron chi connectivity index (χ0n) is 13.7. The summed E-state index contributed by atoms with van der Waals surface area (Å²) < 4.78 is 27.6. The highest BCUT2D eigenvalue weighted by molar-refractivity contribution is 7.89. The maximum Gasteiger partial charge on any atom is 0.243 e. The minimum absolute atomic E-state index is 0.498. The molecule has 23 heavy (non-hydrogen) atoms. The molecule has 3 aliphatic rings. The molecule has 0 N–H and O–H groups in total. The molecule has 126 valence electrons. The summed E-state index contributed by atoms with van der Waals surface area (Å²) in [4.78, 5) is 3.05. The molecule has 2 heterocycles. The lowest BCUT2D eigenvalue weighted by atomic mass is 10.1. The molecular weight excluding hydrogens is 308 g/mol. The van der Waals surface area contributed by atoms with Gasteiger partial charge in [-0.25, -0.2) is 8.42 Å². The molecule has 4 rings (SSSR count). The van der Waals surface area contributed by atoms with E-state index in [1.807, 2.05) is 18.2 Å². The molecule has 0 saturated carbocycles. The van der Waals surface area contributed by atoms with Crippen molar-refractivity contribution in [2.75, 3.05) is 26.2 Å². The number of fused-ring (bicyclic) bond motifs is 1. The Morgan fingerprint density at radius 2 is 1.57 bits per heavy atom. The molecule has 0 aromatic heterocycles. The summed E-state index contributed by atoms with van der Waals surface area (Å²) >= 11 is 0. The van der Waals surface area contributed by atoms with Crippen LogP contribution in [0.3, 0.4) is 0 Å². The van der Waals surface area contributed by atoms with Gasteiger partial charge in [0, 0.05) is 19.1 Å². The second kappa shape index (κ2) is 6.19. The Balaban J connectivity index is 1.47. The van der Waals surface area contributed by atoms with E-state index in [2.05, 4.69) is 4.90 Å². The first-order valence-electron chi connectivity index (χ1n) is 9.00. The van der Waals surface area contributed by atoms with Gasteiger partial charge in [0.25, 0.3) is 0 Å². The Morgan fingerprint density at radius 1 is 0.870 bits per heavy atom. The molecule has 0 unspecified atom stereocenters. The van der Waals surface area contributed by atoms with Crippen LogP contribution in [-0.4, -0.2) is 49.8 Å². The van der Waals surface area contributed by atoms with Gasteiger partial charge >= 0.3 is 0 Å². The van der Waals surface area contributed by atoms with Gasteiger partial charge in [-0.05, 0) is 81.3 Å². The molecule has 1 aliphatic carbocycles. The number of nitrogens with zero attached hydrogens (tertiary/aromatic N) is 2. The maximum absolute atomic E-state index is 12.9. The third kappa shape index (κ3) is 2.94. The molecule has 0 amide bonds. The number of likely N-dealkylation sites (tertiary alicyclic amines) is 1. The maximum atomic E-state index is 12.9. The van der Waals surface area contributed by atoms with Crippen LogP contribution in [0.25, 0.3) is 0 Å². The average Bonchev–Trinajstić information content (AvgIpc) is 3.25. The second-order valence-corrected chi connectivity index (χ2v) is 9.10. The normalized spacial score (nSPS) is 24.2. The van der Waals surface area contributed by atoms with E-state index in [1.165, 1.54) is 37.1 Å². The topological polar surface area (TPSA) is 40.6 Å².